The van der Waals surface area contributed by atoms with Crippen molar-refractivity contribution in [3.8, 4) is 11.1 Å². The van der Waals surface area contributed by atoms with E-state index in [-0.39, 0.29) is 5.41 Å². The number of hydrogen-bond acceptors (Lipinski definition) is 4. The number of rotatable bonds is 5. The van der Waals surface area contributed by atoms with Crippen LogP contribution in [0.25, 0.3) is 22.0 Å². The van der Waals surface area contributed by atoms with E-state index in [0.29, 0.717) is 11.3 Å². The number of aromatic amines is 1. The van der Waals surface area contributed by atoms with Gasteiger partial charge in [0.25, 0.3) is 0 Å². The molecule has 6 heteroatoms. The first-order valence-electron chi connectivity index (χ1n) is 11.7. The fourth-order valence-electron chi connectivity index (χ4n) is 4.62. The highest BCUT2D eigenvalue weighted by Crippen LogP contribution is 2.43. The SMILES string of the molecule is Cc1ncc(-c2ccc3[nH]ccc3c2)c(N2CCC(C)(C)CC2)c1[C@H](OC(C)(C)C)C(=O)O. The lowest BCUT2D eigenvalue weighted by atomic mass is 9.82. The molecule has 2 aromatic heterocycles. The summed E-state index contributed by atoms with van der Waals surface area (Å²) >= 11 is 0. The largest absolute Gasteiger partial charge is 0.479 e. The maximum Gasteiger partial charge on any atom is 0.337 e. The summed E-state index contributed by atoms with van der Waals surface area (Å²) in [7, 11) is 0. The first kappa shape index (κ1) is 23.3. The summed E-state index contributed by atoms with van der Waals surface area (Å²) < 4.78 is 6.12. The highest BCUT2D eigenvalue weighted by atomic mass is 16.5. The zero-order valence-electron chi connectivity index (χ0n) is 20.5. The van der Waals surface area contributed by atoms with Crippen LogP contribution in [0.4, 0.5) is 5.69 Å². The summed E-state index contributed by atoms with van der Waals surface area (Å²) in [4.78, 5) is 22.7. The van der Waals surface area contributed by atoms with Crippen LogP contribution in [0.15, 0.2) is 36.7 Å². The summed E-state index contributed by atoms with van der Waals surface area (Å²) in [5, 5.41) is 11.3. The number of anilines is 1. The minimum atomic E-state index is -1.10. The molecule has 0 saturated carbocycles. The number of carbonyl (C=O) groups is 1. The Balaban J connectivity index is 1.93. The van der Waals surface area contributed by atoms with Gasteiger partial charge in [-0.1, -0.05) is 19.9 Å². The number of hydrogen-bond donors (Lipinski definition) is 2. The Morgan fingerprint density at radius 1 is 1.21 bits per heavy atom. The lowest BCUT2D eigenvalue weighted by molar-refractivity contribution is -0.160. The number of carboxylic acids is 1. The summed E-state index contributed by atoms with van der Waals surface area (Å²) in [6.07, 6.45) is 4.80. The van der Waals surface area contributed by atoms with Gasteiger partial charge in [-0.25, -0.2) is 4.79 Å². The summed E-state index contributed by atoms with van der Waals surface area (Å²) in [6, 6.07) is 8.33. The molecule has 2 N–H and O–H groups in total. The standard InChI is InChI=1S/C27H35N3O3/c1-17-22(24(25(31)32)33-26(2,3)4)23(30-13-10-27(5,6)11-14-30)20(16-29-17)18-7-8-21-19(15-18)9-12-28-21/h7-9,12,15-16,24,28H,10-11,13-14H2,1-6H3,(H,31,32)/t24-/m0/s1. The van der Waals surface area contributed by atoms with Gasteiger partial charge in [-0.3, -0.25) is 4.98 Å². The Morgan fingerprint density at radius 2 is 1.91 bits per heavy atom. The monoisotopic (exact) mass is 449 g/mol. The smallest absolute Gasteiger partial charge is 0.337 e. The topological polar surface area (TPSA) is 78.5 Å². The van der Waals surface area contributed by atoms with E-state index in [0.717, 1.165) is 53.6 Å². The number of aromatic nitrogens is 2. The molecule has 0 radical (unpaired) electrons. The summed E-state index contributed by atoms with van der Waals surface area (Å²) in [6.45, 7) is 13.9. The number of aliphatic carboxylic acids is 1. The molecule has 33 heavy (non-hydrogen) atoms. The Morgan fingerprint density at radius 3 is 2.55 bits per heavy atom. The van der Waals surface area contributed by atoms with Gasteiger partial charge >= 0.3 is 5.97 Å². The highest BCUT2D eigenvalue weighted by Gasteiger charge is 2.35. The van der Waals surface area contributed by atoms with Gasteiger partial charge in [-0.15, -0.1) is 0 Å². The molecule has 1 aromatic carbocycles. The predicted molar refractivity (Wildman–Crippen MR) is 133 cm³/mol. The third-order valence-corrected chi connectivity index (χ3v) is 6.54. The average Bonchev–Trinajstić information content (AvgIpc) is 3.19. The van der Waals surface area contributed by atoms with Gasteiger partial charge < -0.3 is 19.7 Å². The van der Waals surface area contributed by atoms with E-state index in [1.165, 1.54) is 0 Å². The van der Waals surface area contributed by atoms with Crippen LogP contribution in [-0.2, 0) is 9.53 Å². The molecule has 1 saturated heterocycles. The van der Waals surface area contributed by atoms with Crippen LogP contribution in [0, 0.1) is 12.3 Å². The van der Waals surface area contributed by atoms with E-state index in [2.05, 4.69) is 46.9 Å². The highest BCUT2D eigenvalue weighted by molar-refractivity contribution is 5.91. The van der Waals surface area contributed by atoms with Crippen molar-refractivity contribution in [2.24, 2.45) is 5.41 Å². The molecule has 1 aliphatic heterocycles. The number of fused-ring (bicyclic) bond motifs is 1. The number of carboxylic acid groups (broad SMARTS) is 1. The van der Waals surface area contributed by atoms with Gasteiger partial charge in [0, 0.05) is 47.8 Å². The second-order valence-electron chi connectivity index (χ2n) is 10.9. The molecular formula is C27H35N3O3. The number of ether oxygens (including phenoxy) is 1. The average molecular weight is 450 g/mol. The van der Waals surface area contributed by atoms with Crippen LogP contribution in [0.1, 0.15) is 64.8 Å². The third-order valence-electron chi connectivity index (χ3n) is 6.54. The maximum atomic E-state index is 12.5. The van der Waals surface area contributed by atoms with Gasteiger partial charge in [0.15, 0.2) is 6.10 Å². The summed E-state index contributed by atoms with van der Waals surface area (Å²) in [5.74, 6) is -0.994. The van der Waals surface area contributed by atoms with Crippen molar-refractivity contribution in [2.75, 3.05) is 18.0 Å². The third kappa shape index (κ3) is 4.91. The Kier molecular flexibility index (Phi) is 5.99. The Bertz CT molecular complexity index is 1160. The molecule has 0 aliphatic carbocycles. The molecule has 1 fully saturated rings. The van der Waals surface area contributed by atoms with Crippen molar-refractivity contribution >= 4 is 22.6 Å². The van der Waals surface area contributed by atoms with Crippen molar-refractivity contribution in [3.05, 3.63) is 47.9 Å². The van der Waals surface area contributed by atoms with E-state index in [4.69, 9.17) is 4.74 Å². The maximum absolute atomic E-state index is 12.5. The molecule has 176 valence electrons. The van der Waals surface area contributed by atoms with E-state index in [1.54, 1.807) is 0 Å². The molecule has 6 nitrogen and oxygen atoms in total. The van der Waals surface area contributed by atoms with Crippen LogP contribution in [0.2, 0.25) is 0 Å². The first-order chi connectivity index (χ1) is 15.5. The van der Waals surface area contributed by atoms with Crippen LogP contribution in [0.5, 0.6) is 0 Å². The molecule has 4 rings (SSSR count). The number of nitrogens with one attached hydrogen (secondary N) is 1. The first-order valence-corrected chi connectivity index (χ1v) is 11.7. The number of benzene rings is 1. The quantitative estimate of drug-likeness (QED) is 0.492. The van der Waals surface area contributed by atoms with E-state index >= 15 is 0 Å². The fraction of sp³-hybridized carbons (Fsp3) is 0.481. The van der Waals surface area contributed by atoms with Crippen molar-refractivity contribution in [1.29, 1.82) is 0 Å². The number of H-pyrrole nitrogens is 1. The van der Waals surface area contributed by atoms with E-state index < -0.39 is 17.7 Å². The van der Waals surface area contributed by atoms with Gasteiger partial charge in [0.05, 0.1) is 11.3 Å². The number of aryl methyl sites for hydroxylation is 1. The minimum Gasteiger partial charge on any atom is -0.479 e. The predicted octanol–water partition coefficient (Wildman–Crippen LogP) is 6.11. The van der Waals surface area contributed by atoms with Crippen molar-refractivity contribution in [1.82, 2.24) is 9.97 Å². The molecular weight excluding hydrogens is 414 g/mol. The molecule has 1 aliphatic rings. The minimum absolute atomic E-state index is 0.275. The summed E-state index contributed by atoms with van der Waals surface area (Å²) in [5.41, 5.74) is 4.98. The zero-order chi connectivity index (χ0) is 24.0. The molecule has 0 bridgehead atoms. The number of nitrogens with zero attached hydrogens (tertiary/aromatic N) is 2. The van der Waals surface area contributed by atoms with Crippen molar-refractivity contribution in [2.45, 2.75) is 66.1 Å². The zero-order valence-corrected chi connectivity index (χ0v) is 20.5. The molecule has 3 aromatic rings. The lowest BCUT2D eigenvalue weighted by Gasteiger charge is -2.41. The molecule has 3 heterocycles. The van der Waals surface area contributed by atoms with E-state index in [9.17, 15) is 9.90 Å². The normalized spacial score (nSPS) is 17.3. The van der Waals surface area contributed by atoms with E-state index in [1.807, 2.05) is 46.2 Å². The van der Waals surface area contributed by atoms with Crippen LogP contribution < -0.4 is 4.90 Å². The molecule has 0 spiro atoms. The van der Waals surface area contributed by atoms with Gasteiger partial charge in [0.2, 0.25) is 0 Å². The van der Waals surface area contributed by atoms with Crippen LogP contribution in [0.3, 0.4) is 0 Å². The van der Waals surface area contributed by atoms with Crippen molar-refractivity contribution < 1.29 is 14.6 Å². The lowest BCUT2D eigenvalue weighted by Crippen LogP contribution is -2.39. The molecule has 0 amide bonds. The molecule has 0 unspecified atom stereocenters. The number of piperidine rings is 1. The second-order valence-corrected chi connectivity index (χ2v) is 10.9. The van der Waals surface area contributed by atoms with Crippen LogP contribution >= 0.6 is 0 Å². The molecule has 1 atom stereocenters. The number of pyridine rings is 1. The van der Waals surface area contributed by atoms with Gasteiger partial charge in [-0.2, -0.15) is 0 Å². The van der Waals surface area contributed by atoms with Crippen molar-refractivity contribution in [3.63, 3.8) is 0 Å². The van der Waals surface area contributed by atoms with Gasteiger partial charge in [-0.05, 0) is 75.1 Å². The second kappa shape index (κ2) is 8.49. The van der Waals surface area contributed by atoms with Gasteiger partial charge in [0.1, 0.15) is 0 Å². The van der Waals surface area contributed by atoms with Crippen LogP contribution in [-0.4, -0.2) is 39.7 Å². The Labute approximate surface area is 196 Å². The Hall–Kier alpha value is -2.86. The fourth-order valence-corrected chi connectivity index (χ4v) is 4.62.